The van der Waals surface area contributed by atoms with Gasteiger partial charge in [0, 0.05) is 0 Å². The highest BCUT2D eigenvalue weighted by Gasteiger charge is 2.40. The summed E-state index contributed by atoms with van der Waals surface area (Å²) in [6.45, 7) is 12.5. The molecule has 0 spiro atoms. The number of hydrogen-bond acceptors (Lipinski definition) is 4. The Morgan fingerprint density at radius 1 is 1.31 bits per heavy atom. The molecular formula is C11H25NO3Si. The van der Waals surface area contributed by atoms with Crippen LogP contribution in [-0.4, -0.2) is 33.5 Å². The summed E-state index contributed by atoms with van der Waals surface area (Å²) in [5.41, 5.74) is 5.74. The van der Waals surface area contributed by atoms with Crippen LogP contribution >= 0.6 is 0 Å². The Kier molecular flexibility index (Phi) is 5.16. The summed E-state index contributed by atoms with van der Waals surface area (Å²) in [7, 11) is -0.543. The van der Waals surface area contributed by atoms with Gasteiger partial charge in [0.15, 0.2) is 8.32 Å². The Balaban J connectivity index is 4.56. The van der Waals surface area contributed by atoms with Crippen LogP contribution in [0, 0.1) is 0 Å². The zero-order chi connectivity index (χ0) is 13.1. The largest absolute Gasteiger partial charge is 0.468 e. The molecule has 0 fully saturated rings. The molecule has 0 heterocycles. The third kappa shape index (κ3) is 3.88. The van der Waals surface area contributed by atoms with Crippen molar-refractivity contribution in [1.82, 2.24) is 0 Å². The van der Waals surface area contributed by atoms with E-state index in [4.69, 9.17) is 10.2 Å². The van der Waals surface area contributed by atoms with Crippen molar-refractivity contribution in [3.05, 3.63) is 0 Å². The lowest BCUT2D eigenvalue weighted by Gasteiger charge is -2.39. The van der Waals surface area contributed by atoms with Gasteiger partial charge in [0.05, 0.1) is 13.2 Å². The second kappa shape index (κ2) is 5.29. The van der Waals surface area contributed by atoms with Crippen molar-refractivity contribution in [3.63, 3.8) is 0 Å². The van der Waals surface area contributed by atoms with Gasteiger partial charge in [0.1, 0.15) is 6.04 Å². The zero-order valence-corrected chi connectivity index (χ0v) is 12.5. The van der Waals surface area contributed by atoms with Gasteiger partial charge in [-0.1, -0.05) is 20.8 Å². The quantitative estimate of drug-likeness (QED) is 0.609. The summed E-state index contributed by atoms with van der Waals surface area (Å²) in [6.07, 6.45) is -0.312. The minimum absolute atomic E-state index is 0.108. The molecule has 0 aromatic carbocycles. The summed E-state index contributed by atoms with van der Waals surface area (Å²) in [4.78, 5) is 11.3. The highest BCUT2D eigenvalue weighted by Crippen LogP contribution is 2.37. The molecule has 0 unspecified atom stereocenters. The SMILES string of the molecule is COC(=O)[C@H](N)[C@H](C)O[Si](C)(C)C(C)(C)C. The summed E-state index contributed by atoms with van der Waals surface area (Å²) >= 11 is 0. The van der Waals surface area contributed by atoms with Crippen LogP contribution < -0.4 is 5.73 Å². The average molecular weight is 247 g/mol. The first-order valence-electron chi connectivity index (χ1n) is 5.54. The first kappa shape index (κ1) is 15.6. The van der Waals surface area contributed by atoms with Crippen LogP contribution in [0.3, 0.4) is 0 Å². The van der Waals surface area contributed by atoms with E-state index in [1.165, 1.54) is 7.11 Å². The van der Waals surface area contributed by atoms with E-state index in [9.17, 15) is 4.79 Å². The smallest absolute Gasteiger partial charge is 0.325 e. The minimum atomic E-state index is -1.88. The van der Waals surface area contributed by atoms with Crippen molar-refractivity contribution < 1.29 is 14.0 Å². The molecule has 16 heavy (non-hydrogen) atoms. The van der Waals surface area contributed by atoms with Gasteiger partial charge in [-0.25, -0.2) is 0 Å². The second-order valence-electron chi connectivity index (χ2n) is 5.63. The predicted octanol–water partition coefficient (Wildman–Crippen LogP) is 1.90. The van der Waals surface area contributed by atoms with Gasteiger partial charge in [-0.2, -0.15) is 0 Å². The molecule has 0 aromatic heterocycles. The van der Waals surface area contributed by atoms with E-state index in [0.29, 0.717) is 0 Å². The van der Waals surface area contributed by atoms with Gasteiger partial charge in [0.2, 0.25) is 0 Å². The Bertz CT molecular complexity index is 248. The maximum atomic E-state index is 11.3. The fraction of sp³-hybridized carbons (Fsp3) is 0.909. The normalized spacial score (nSPS) is 16.8. The maximum absolute atomic E-state index is 11.3. The van der Waals surface area contributed by atoms with Crippen molar-refractivity contribution in [2.45, 2.75) is 58.0 Å². The maximum Gasteiger partial charge on any atom is 0.325 e. The first-order valence-corrected chi connectivity index (χ1v) is 8.45. The number of nitrogens with two attached hydrogens (primary N) is 1. The number of rotatable bonds is 4. The summed E-state index contributed by atoms with van der Waals surface area (Å²) in [5.74, 6) is -0.425. The Morgan fingerprint density at radius 3 is 2.06 bits per heavy atom. The van der Waals surface area contributed by atoms with Crippen molar-refractivity contribution in [1.29, 1.82) is 0 Å². The molecule has 0 aliphatic heterocycles. The predicted molar refractivity (Wildman–Crippen MR) is 67.7 cm³/mol. The Labute approximate surface area is 99.6 Å². The number of esters is 1. The number of hydrogen-bond donors (Lipinski definition) is 1. The van der Waals surface area contributed by atoms with Gasteiger partial charge < -0.3 is 14.9 Å². The Morgan fingerprint density at radius 2 is 1.75 bits per heavy atom. The van der Waals surface area contributed by atoms with Crippen LogP contribution in [0.25, 0.3) is 0 Å². The van der Waals surface area contributed by atoms with Crippen LogP contribution in [0.2, 0.25) is 18.1 Å². The molecule has 2 atom stereocenters. The van der Waals surface area contributed by atoms with E-state index in [0.717, 1.165) is 0 Å². The fourth-order valence-electron chi connectivity index (χ4n) is 1.04. The standard InChI is InChI=1S/C11H25NO3Si/c1-8(9(12)10(13)14-5)15-16(6,7)11(2,3)4/h8-9H,12H2,1-7H3/t8-,9+/m0/s1. The van der Waals surface area contributed by atoms with Gasteiger partial charge in [-0.05, 0) is 25.1 Å². The molecule has 5 heteroatoms. The lowest BCUT2D eigenvalue weighted by atomic mass is 10.2. The third-order valence-corrected chi connectivity index (χ3v) is 7.84. The van der Waals surface area contributed by atoms with Crippen LogP contribution in [-0.2, 0) is 14.0 Å². The van der Waals surface area contributed by atoms with E-state index >= 15 is 0 Å². The average Bonchev–Trinajstić information content (AvgIpc) is 2.12. The van der Waals surface area contributed by atoms with E-state index in [1.807, 2.05) is 6.92 Å². The van der Waals surface area contributed by atoms with Crippen molar-refractivity contribution in [2.75, 3.05) is 7.11 Å². The van der Waals surface area contributed by atoms with E-state index in [1.54, 1.807) is 0 Å². The number of methoxy groups -OCH3 is 1. The zero-order valence-electron chi connectivity index (χ0n) is 11.5. The minimum Gasteiger partial charge on any atom is -0.468 e. The van der Waals surface area contributed by atoms with Crippen LogP contribution in [0.5, 0.6) is 0 Å². The molecule has 0 saturated carbocycles. The highest BCUT2D eigenvalue weighted by molar-refractivity contribution is 6.74. The molecule has 0 aliphatic carbocycles. The van der Waals surface area contributed by atoms with Crippen molar-refractivity contribution >= 4 is 14.3 Å². The molecule has 4 nitrogen and oxygen atoms in total. The lowest BCUT2D eigenvalue weighted by Crippen LogP contribution is -2.50. The van der Waals surface area contributed by atoms with E-state index < -0.39 is 20.3 Å². The summed E-state index contributed by atoms with van der Waals surface area (Å²) in [5, 5.41) is 0.108. The third-order valence-electron chi connectivity index (χ3n) is 3.27. The summed E-state index contributed by atoms with van der Waals surface area (Å²) in [6, 6.07) is -0.709. The van der Waals surface area contributed by atoms with Crippen molar-refractivity contribution in [2.24, 2.45) is 5.73 Å². The van der Waals surface area contributed by atoms with E-state index in [-0.39, 0.29) is 11.1 Å². The number of carbonyl (C=O) groups excluding carboxylic acids is 1. The Hall–Kier alpha value is -0.393. The van der Waals surface area contributed by atoms with Gasteiger partial charge >= 0.3 is 5.97 Å². The highest BCUT2D eigenvalue weighted by atomic mass is 28.4. The molecule has 0 radical (unpaired) electrons. The van der Waals surface area contributed by atoms with Gasteiger partial charge in [-0.15, -0.1) is 0 Å². The second-order valence-corrected chi connectivity index (χ2v) is 10.4. The molecule has 0 bridgehead atoms. The van der Waals surface area contributed by atoms with Crippen molar-refractivity contribution in [3.8, 4) is 0 Å². The summed E-state index contributed by atoms with van der Waals surface area (Å²) < 4.78 is 10.6. The number of carbonyl (C=O) groups is 1. The number of ether oxygens (including phenoxy) is 1. The molecule has 0 rings (SSSR count). The van der Waals surface area contributed by atoms with Crippen LogP contribution in [0.4, 0.5) is 0 Å². The molecule has 0 saturated heterocycles. The van der Waals surface area contributed by atoms with Gasteiger partial charge in [-0.3, -0.25) is 4.79 Å². The van der Waals surface area contributed by atoms with E-state index in [2.05, 4.69) is 38.6 Å². The topological polar surface area (TPSA) is 61.5 Å². The molecular weight excluding hydrogens is 222 g/mol. The van der Waals surface area contributed by atoms with Gasteiger partial charge in [0.25, 0.3) is 0 Å². The molecule has 2 N–H and O–H groups in total. The molecule has 0 amide bonds. The lowest BCUT2D eigenvalue weighted by molar-refractivity contribution is -0.144. The molecule has 0 aromatic rings. The monoisotopic (exact) mass is 247 g/mol. The first-order chi connectivity index (χ1) is 7.03. The molecule has 0 aliphatic rings. The fourth-order valence-corrected chi connectivity index (χ4v) is 2.47. The van der Waals surface area contributed by atoms with Crippen LogP contribution in [0.15, 0.2) is 0 Å². The van der Waals surface area contributed by atoms with Crippen LogP contribution in [0.1, 0.15) is 27.7 Å². The molecule has 96 valence electrons.